The Labute approximate surface area is 144 Å². The molecule has 0 aromatic heterocycles. The molecule has 0 aliphatic carbocycles. The van der Waals surface area contributed by atoms with Gasteiger partial charge in [-0.3, -0.25) is 4.72 Å². The number of methoxy groups -OCH3 is 1. The van der Waals surface area contributed by atoms with Gasteiger partial charge in [-0.2, -0.15) is 0 Å². The highest BCUT2D eigenvalue weighted by Gasteiger charge is 2.21. The molecule has 0 bridgehead atoms. The Morgan fingerprint density at radius 3 is 2.33 bits per heavy atom. The summed E-state index contributed by atoms with van der Waals surface area (Å²) in [4.78, 5) is 0.0263. The van der Waals surface area contributed by atoms with E-state index in [1.165, 1.54) is 13.2 Å². The number of anilines is 1. The molecule has 4 nitrogen and oxygen atoms in total. The Kier molecular flexibility index (Phi) is 5.19. The van der Waals surface area contributed by atoms with E-state index in [1.807, 2.05) is 0 Å². The second-order valence-electron chi connectivity index (χ2n) is 4.02. The summed E-state index contributed by atoms with van der Waals surface area (Å²) in [5.41, 5.74) is 0.293. The molecule has 2 aromatic carbocycles. The van der Waals surface area contributed by atoms with Gasteiger partial charge in [-0.25, -0.2) is 8.42 Å². The predicted octanol–water partition coefficient (Wildman–Crippen LogP) is 4.67. The molecule has 21 heavy (non-hydrogen) atoms. The van der Waals surface area contributed by atoms with Crippen molar-refractivity contribution in [3.63, 3.8) is 0 Å². The van der Waals surface area contributed by atoms with Crippen LogP contribution >= 0.6 is 43.5 Å². The van der Waals surface area contributed by atoms with Crippen molar-refractivity contribution in [3.05, 3.63) is 50.4 Å². The Bertz CT molecular complexity index is 781. The van der Waals surface area contributed by atoms with Crippen LogP contribution in [0.25, 0.3) is 0 Å². The van der Waals surface area contributed by atoms with Crippen LogP contribution in [0.5, 0.6) is 5.75 Å². The van der Waals surface area contributed by atoms with Crippen molar-refractivity contribution in [2.45, 2.75) is 4.90 Å². The summed E-state index contributed by atoms with van der Waals surface area (Å²) >= 11 is 12.5. The SMILES string of the molecule is COc1ccc(Br)cc1S(=O)(=O)Nc1ccc(Br)cc1Cl. The lowest BCUT2D eigenvalue weighted by Crippen LogP contribution is -2.14. The summed E-state index contributed by atoms with van der Waals surface area (Å²) in [5, 5.41) is 0.293. The molecule has 1 N–H and O–H groups in total. The zero-order valence-corrected chi connectivity index (χ0v) is 15.5. The lowest BCUT2D eigenvalue weighted by atomic mass is 10.3. The van der Waals surface area contributed by atoms with E-state index in [0.29, 0.717) is 15.2 Å². The van der Waals surface area contributed by atoms with Crippen LogP contribution in [-0.2, 0) is 10.0 Å². The second kappa shape index (κ2) is 6.56. The molecule has 2 rings (SSSR count). The molecule has 0 saturated heterocycles. The topological polar surface area (TPSA) is 55.4 Å². The number of hydrogen-bond acceptors (Lipinski definition) is 3. The summed E-state index contributed by atoms with van der Waals surface area (Å²) in [6.45, 7) is 0. The Morgan fingerprint density at radius 1 is 1.10 bits per heavy atom. The maximum atomic E-state index is 12.5. The fraction of sp³-hybridized carbons (Fsp3) is 0.0769. The van der Waals surface area contributed by atoms with Gasteiger partial charge < -0.3 is 4.74 Å². The fourth-order valence-corrected chi connectivity index (χ4v) is 4.20. The van der Waals surface area contributed by atoms with E-state index in [-0.39, 0.29) is 10.6 Å². The van der Waals surface area contributed by atoms with Crippen LogP contribution in [0.2, 0.25) is 5.02 Å². The fourth-order valence-electron chi connectivity index (χ4n) is 1.63. The highest BCUT2D eigenvalue weighted by molar-refractivity contribution is 9.10. The zero-order valence-electron chi connectivity index (χ0n) is 10.7. The maximum Gasteiger partial charge on any atom is 0.265 e. The van der Waals surface area contributed by atoms with Crippen LogP contribution in [0, 0.1) is 0 Å². The van der Waals surface area contributed by atoms with Crippen LogP contribution < -0.4 is 9.46 Å². The van der Waals surface area contributed by atoms with Gasteiger partial charge in [0.05, 0.1) is 17.8 Å². The third-order valence-corrected chi connectivity index (χ3v) is 5.28. The third kappa shape index (κ3) is 3.91. The first-order valence-corrected chi connectivity index (χ1v) is 9.09. The van der Waals surface area contributed by atoms with Gasteiger partial charge >= 0.3 is 0 Å². The van der Waals surface area contributed by atoms with E-state index < -0.39 is 10.0 Å². The van der Waals surface area contributed by atoms with Crippen LogP contribution in [0.1, 0.15) is 0 Å². The molecule has 0 atom stereocenters. The van der Waals surface area contributed by atoms with Crippen molar-refractivity contribution < 1.29 is 13.2 Å². The van der Waals surface area contributed by atoms with E-state index in [9.17, 15) is 8.42 Å². The van der Waals surface area contributed by atoms with Gasteiger partial charge in [0.15, 0.2) is 0 Å². The summed E-state index contributed by atoms with van der Waals surface area (Å²) in [7, 11) is -2.41. The van der Waals surface area contributed by atoms with Crippen molar-refractivity contribution in [1.82, 2.24) is 0 Å². The molecule has 0 unspecified atom stereocenters. The zero-order chi connectivity index (χ0) is 15.6. The number of rotatable bonds is 4. The number of sulfonamides is 1. The highest BCUT2D eigenvalue weighted by Crippen LogP contribution is 2.31. The number of ether oxygens (including phenoxy) is 1. The number of nitrogens with one attached hydrogen (secondary N) is 1. The molecule has 0 fully saturated rings. The van der Waals surface area contributed by atoms with Gasteiger partial charge in [-0.15, -0.1) is 0 Å². The third-order valence-electron chi connectivity index (χ3n) is 2.59. The maximum absolute atomic E-state index is 12.5. The standard InChI is InChI=1S/C13H10Br2ClNO3S/c1-20-12-5-3-9(15)7-13(12)21(18,19)17-11-4-2-8(14)6-10(11)16/h2-7,17H,1H3. The van der Waals surface area contributed by atoms with E-state index in [0.717, 1.165) is 4.47 Å². The Balaban J connectivity index is 2.45. The van der Waals surface area contributed by atoms with Gasteiger partial charge in [0, 0.05) is 8.95 Å². The number of halogens is 3. The molecule has 0 spiro atoms. The van der Waals surface area contributed by atoms with Gasteiger partial charge in [0.2, 0.25) is 0 Å². The monoisotopic (exact) mass is 453 g/mol. The Hall–Kier alpha value is -0.760. The van der Waals surface area contributed by atoms with Crippen molar-refractivity contribution in [3.8, 4) is 5.75 Å². The molecule has 0 saturated carbocycles. The van der Waals surface area contributed by atoms with Gasteiger partial charge in [0.25, 0.3) is 10.0 Å². The lowest BCUT2D eigenvalue weighted by molar-refractivity contribution is 0.403. The van der Waals surface area contributed by atoms with Crippen molar-refractivity contribution in [2.75, 3.05) is 11.8 Å². The first-order valence-electron chi connectivity index (χ1n) is 5.65. The smallest absolute Gasteiger partial charge is 0.265 e. The largest absolute Gasteiger partial charge is 0.495 e. The molecule has 0 radical (unpaired) electrons. The molecule has 8 heteroatoms. The number of hydrogen-bond donors (Lipinski definition) is 1. The lowest BCUT2D eigenvalue weighted by Gasteiger charge is -2.13. The van der Waals surface area contributed by atoms with Gasteiger partial charge in [-0.05, 0) is 36.4 Å². The summed E-state index contributed by atoms with van der Waals surface area (Å²) in [5.74, 6) is 0.249. The highest BCUT2D eigenvalue weighted by atomic mass is 79.9. The summed E-state index contributed by atoms with van der Waals surface area (Å²) < 4.78 is 33.9. The van der Waals surface area contributed by atoms with E-state index in [2.05, 4.69) is 36.6 Å². The van der Waals surface area contributed by atoms with Gasteiger partial charge in [-0.1, -0.05) is 43.5 Å². The molecule has 0 aliphatic rings. The second-order valence-corrected chi connectivity index (χ2v) is 7.91. The molecular formula is C13H10Br2ClNO3S. The summed E-state index contributed by atoms with van der Waals surface area (Å²) in [6.07, 6.45) is 0. The molecule has 0 aliphatic heterocycles. The van der Waals surface area contributed by atoms with Crippen molar-refractivity contribution in [2.24, 2.45) is 0 Å². The molecule has 0 heterocycles. The van der Waals surface area contributed by atoms with Crippen LogP contribution in [-0.4, -0.2) is 15.5 Å². The quantitative estimate of drug-likeness (QED) is 0.729. The predicted molar refractivity (Wildman–Crippen MR) is 90.7 cm³/mol. The summed E-state index contributed by atoms with van der Waals surface area (Å²) in [6, 6.07) is 9.62. The minimum Gasteiger partial charge on any atom is -0.495 e. The van der Waals surface area contributed by atoms with Gasteiger partial charge in [0.1, 0.15) is 10.6 Å². The molecule has 2 aromatic rings. The minimum absolute atomic E-state index is 0.0263. The average Bonchev–Trinajstić information content (AvgIpc) is 2.42. The van der Waals surface area contributed by atoms with E-state index in [1.54, 1.807) is 30.3 Å². The van der Waals surface area contributed by atoms with Crippen molar-refractivity contribution >= 4 is 59.2 Å². The van der Waals surface area contributed by atoms with Crippen LogP contribution in [0.4, 0.5) is 5.69 Å². The first-order chi connectivity index (χ1) is 9.83. The molecule has 0 amide bonds. The van der Waals surface area contributed by atoms with Crippen molar-refractivity contribution in [1.29, 1.82) is 0 Å². The van der Waals surface area contributed by atoms with Crippen LogP contribution in [0.15, 0.2) is 50.2 Å². The molecular weight excluding hydrogens is 445 g/mol. The van der Waals surface area contributed by atoms with E-state index >= 15 is 0 Å². The normalized spacial score (nSPS) is 11.2. The molecule has 112 valence electrons. The number of benzene rings is 2. The van der Waals surface area contributed by atoms with Crippen LogP contribution in [0.3, 0.4) is 0 Å². The minimum atomic E-state index is -3.82. The average molecular weight is 456 g/mol. The van der Waals surface area contributed by atoms with E-state index in [4.69, 9.17) is 16.3 Å². The first kappa shape index (κ1) is 16.6. The Morgan fingerprint density at radius 2 is 1.71 bits per heavy atom.